The quantitative estimate of drug-likeness (QED) is 0.508. The molecule has 3 aromatic rings. The van der Waals surface area contributed by atoms with E-state index in [4.69, 9.17) is 18.9 Å². The summed E-state index contributed by atoms with van der Waals surface area (Å²) in [4.78, 5) is 7.62. The van der Waals surface area contributed by atoms with Gasteiger partial charge in [0.2, 0.25) is 0 Å². The van der Waals surface area contributed by atoms with Gasteiger partial charge in [0.25, 0.3) is 0 Å². The van der Waals surface area contributed by atoms with Crippen LogP contribution in [-0.4, -0.2) is 30.3 Å². The molecule has 0 saturated heterocycles. The second-order valence-corrected chi connectivity index (χ2v) is 7.86. The minimum Gasteiger partial charge on any atom is -0.493 e. The molecule has 0 spiro atoms. The van der Waals surface area contributed by atoms with Crippen LogP contribution in [0.1, 0.15) is 41.6 Å². The van der Waals surface area contributed by atoms with Gasteiger partial charge < -0.3 is 18.9 Å². The van der Waals surface area contributed by atoms with E-state index in [9.17, 15) is 8.78 Å². The van der Waals surface area contributed by atoms with E-state index in [1.54, 1.807) is 7.11 Å². The highest BCUT2D eigenvalue weighted by Crippen LogP contribution is 2.44. The fraction of sp³-hybridized carbons (Fsp3) is 0.333. The van der Waals surface area contributed by atoms with Gasteiger partial charge >= 0.3 is 6.01 Å². The van der Waals surface area contributed by atoms with E-state index < -0.39 is 11.9 Å². The second kappa shape index (κ2) is 8.70. The molecule has 2 aliphatic rings. The first kappa shape index (κ1) is 20.6. The summed E-state index contributed by atoms with van der Waals surface area (Å²) < 4.78 is 50.7. The average Bonchev–Trinajstić information content (AvgIpc) is 3.40. The van der Waals surface area contributed by atoms with Gasteiger partial charge in [-0.2, -0.15) is 0 Å². The Morgan fingerprint density at radius 3 is 2.78 bits per heavy atom. The Balaban J connectivity index is 1.35. The van der Waals surface area contributed by atoms with Crippen LogP contribution in [-0.2, 0) is 11.2 Å². The number of fused-ring (bicyclic) bond motifs is 2. The van der Waals surface area contributed by atoms with Crippen molar-refractivity contribution in [3.63, 3.8) is 0 Å². The lowest BCUT2D eigenvalue weighted by Crippen LogP contribution is -2.06. The Labute approximate surface area is 184 Å². The molecule has 8 heteroatoms. The van der Waals surface area contributed by atoms with E-state index in [-0.39, 0.29) is 11.8 Å². The van der Waals surface area contributed by atoms with E-state index in [0.717, 1.165) is 30.1 Å². The van der Waals surface area contributed by atoms with Crippen LogP contribution in [0.15, 0.2) is 42.7 Å². The van der Waals surface area contributed by atoms with Gasteiger partial charge in [-0.3, -0.25) is 0 Å². The van der Waals surface area contributed by atoms with E-state index in [1.807, 2.05) is 18.2 Å². The third-order valence-electron chi connectivity index (χ3n) is 5.85. The Kier molecular flexibility index (Phi) is 5.61. The topological polar surface area (TPSA) is 62.7 Å². The van der Waals surface area contributed by atoms with E-state index in [0.29, 0.717) is 54.6 Å². The molecule has 0 unspecified atom stereocenters. The maximum Gasteiger partial charge on any atom is 0.322 e. The molecule has 1 aromatic heterocycles. The molecule has 166 valence electrons. The summed E-state index contributed by atoms with van der Waals surface area (Å²) in [7, 11) is 1.69. The minimum atomic E-state index is -0.557. The summed E-state index contributed by atoms with van der Waals surface area (Å²) in [6.07, 6.45) is 3.67. The predicted molar refractivity (Wildman–Crippen MR) is 111 cm³/mol. The standard InChI is InChI=1S/C24H22F2N2O4/c1-29-9-8-14-13-30-22-10-16(2-3-17(14)22)31-21-6-4-18-20(7-5-19(26)23(18)21)32-24-27-11-15(25)12-28-24/h2-3,5,7,10-12,14,21H,4,6,8-9,13H2,1H3/t14-,21-/m1/s1. The van der Waals surface area contributed by atoms with Gasteiger partial charge in [-0.05, 0) is 37.5 Å². The highest BCUT2D eigenvalue weighted by atomic mass is 19.1. The monoisotopic (exact) mass is 440 g/mol. The maximum atomic E-state index is 14.8. The fourth-order valence-electron chi connectivity index (χ4n) is 4.30. The SMILES string of the molecule is COCC[C@@H]1COc2cc(O[C@@H]3CCc4c(Oc5ncc(F)cn5)ccc(F)c43)ccc21. The number of nitrogens with zero attached hydrogens (tertiary/aromatic N) is 2. The number of rotatable bonds is 7. The zero-order valence-electron chi connectivity index (χ0n) is 17.5. The Morgan fingerprint density at radius 1 is 1.12 bits per heavy atom. The molecule has 6 nitrogen and oxygen atoms in total. The van der Waals surface area contributed by atoms with Gasteiger partial charge in [-0.15, -0.1) is 0 Å². The third-order valence-corrected chi connectivity index (χ3v) is 5.85. The van der Waals surface area contributed by atoms with Crippen LogP contribution < -0.4 is 14.2 Å². The van der Waals surface area contributed by atoms with Crippen molar-refractivity contribution in [3.8, 4) is 23.3 Å². The highest BCUT2D eigenvalue weighted by molar-refractivity contribution is 5.48. The fourth-order valence-corrected chi connectivity index (χ4v) is 4.30. The van der Waals surface area contributed by atoms with Crippen molar-refractivity contribution in [1.82, 2.24) is 9.97 Å². The lowest BCUT2D eigenvalue weighted by molar-refractivity contribution is 0.181. The van der Waals surface area contributed by atoms with Crippen molar-refractivity contribution < 1.29 is 27.7 Å². The van der Waals surface area contributed by atoms with Crippen molar-refractivity contribution in [2.75, 3.05) is 20.3 Å². The zero-order chi connectivity index (χ0) is 22.1. The Hall–Kier alpha value is -3.26. The Bertz CT molecular complexity index is 1120. The Morgan fingerprint density at radius 2 is 1.97 bits per heavy atom. The lowest BCUT2D eigenvalue weighted by Gasteiger charge is -2.17. The number of aromatic nitrogens is 2. The van der Waals surface area contributed by atoms with Crippen molar-refractivity contribution in [1.29, 1.82) is 0 Å². The molecule has 1 aliphatic carbocycles. The molecule has 1 aliphatic heterocycles. The first-order chi connectivity index (χ1) is 15.6. The molecule has 0 amide bonds. The van der Waals surface area contributed by atoms with Crippen LogP contribution in [0.3, 0.4) is 0 Å². The smallest absolute Gasteiger partial charge is 0.322 e. The summed E-state index contributed by atoms with van der Waals surface area (Å²) in [6, 6.07) is 8.65. The number of hydrogen-bond acceptors (Lipinski definition) is 6. The average molecular weight is 440 g/mol. The molecule has 5 rings (SSSR count). The van der Waals surface area contributed by atoms with Gasteiger partial charge in [0.1, 0.15) is 29.2 Å². The van der Waals surface area contributed by atoms with Gasteiger partial charge in [0, 0.05) is 42.4 Å². The highest BCUT2D eigenvalue weighted by Gasteiger charge is 2.32. The van der Waals surface area contributed by atoms with Crippen molar-refractivity contribution in [3.05, 3.63) is 71.1 Å². The van der Waals surface area contributed by atoms with Crippen molar-refractivity contribution in [2.24, 2.45) is 0 Å². The molecule has 32 heavy (non-hydrogen) atoms. The minimum absolute atomic E-state index is 0.00312. The van der Waals surface area contributed by atoms with Gasteiger partial charge in [-0.1, -0.05) is 6.07 Å². The summed E-state index contributed by atoms with van der Waals surface area (Å²) >= 11 is 0. The lowest BCUT2D eigenvalue weighted by atomic mass is 9.98. The number of halogens is 2. The molecular formula is C24H22F2N2O4. The summed E-state index contributed by atoms with van der Waals surface area (Å²) in [6.45, 7) is 1.30. The zero-order valence-corrected chi connectivity index (χ0v) is 17.5. The van der Waals surface area contributed by atoms with Crippen LogP contribution >= 0.6 is 0 Å². The summed E-state index contributed by atoms with van der Waals surface area (Å²) in [5.74, 6) is 1.26. The molecule has 2 heterocycles. The largest absolute Gasteiger partial charge is 0.493 e. The third kappa shape index (κ3) is 3.98. The van der Waals surface area contributed by atoms with Crippen LogP contribution in [0, 0.1) is 11.6 Å². The van der Waals surface area contributed by atoms with E-state index in [2.05, 4.69) is 9.97 Å². The number of ether oxygens (including phenoxy) is 4. The van der Waals surface area contributed by atoms with Gasteiger partial charge in [-0.25, -0.2) is 18.7 Å². The molecule has 2 atom stereocenters. The van der Waals surface area contributed by atoms with E-state index >= 15 is 0 Å². The predicted octanol–water partition coefficient (Wildman–Crippen LogP) is 5.13. The molecule has 0 N–H and O–H groups in total. The number of benzene rings is 2. The maximum absolute atomic E-state index is 14.8. The summed E-state index contributed by atoms with van der Waals surface area (Å²) in [5, 5.41) is 0. The van der Waals surface area contributed by atoms with Crippen LogP contribution in [0.25, 0.3) is 0 Å². The molecule has 0 bridgehead atoms. The normalized spacial score (nSPS) is 18.7. The molecule has 0 radical (unpaired) electrons. The number of hydrogen-bond donors (Lipinski definition) is 0. The van der Waals surface area contributed by atoms with Crippen molar-refractivity contribution >= 4 is 0 Å². The van der Waals surface area contributed by atoms with Crippen LogP contribution in [0.5, 0.6) is 23.3 Å². The van der Waals surface area contributed by atoms with Gasteiger partial charge in [0.15, 0.2) is 5.82 Å². The molecule has 0 saturated carbocycles. The van der Waals surface area contributed by atoms with E-state index in [1.165, 1.54) is 12.1 Å². The van der Waals surface area contributed by atoms with Crippen LogP contribution in [0.4, 0.5) is 8.78 Å². The first-order valence-corrected chi connectivity index (χ1v) is 10.5. The van der Waals surface area contributed by atoms with Crippen molar-refractivity contribution in [2.45, 2.75) is 31.3 Å². The summed E-state index contributed by atoms with van der Waals surface area (Å²) in [5.41, 5.74) is 2.31. The van der Waals surface area contributed by atoms with Crippen LogP contribution in [0.2, 0.25) is 0 Å². The molecule has 2 aromatic carbocycles. The van der Waals surface area contributed by atoms with Gasteiger partial charge in [0.05, 0.1) is 19.0 Å². The molecular weight excluding hydrogens is 418 g/mol. The number of methoxy groups -OCH3 is 1. The second-order valence-electron chi connectivity index (χ2n) is 7.86. The molecule has 0 fully saturated rings. The first-order valence-electron chi connectivity index (χ1n) is 10.5.